The smallest absolute Gasteiger partial charge is 0.405 e. The zero-order valence-corrected chi connectivity index (χ0v) is 80.3. The number of piperidine rings is 3. The van der Waals surface area contributed by atoms with E-state index in [1.165, 1.54) is 111 Å². The molecule has 15 rings (SSSR count). The maximum absolute atomic E-state index is 11.5. The van der Waals surface area contributed by atoms with E-state index in [1.807, 2.05) is 86.6 Å². The first kappa shape index (κ1) is 104. The van der Waals surface area contributed by atoms with Gasteiger partial charge in [-0.15, -0.1) is 23.2 Å². The summed E-state index contributed by atoms with van der Waals surface area (Å²) in [5, 5.41) is 24.8. The first-order chi connectivity index (χ1) is 56.1. The third-order valence-electron chi connectivity index (χ3n) is 21.0. The zero-order chi connectivity index (χ0) is 86.0. The fraction of sp³-hybridized carbons (Fsp3) is 0.462. The number of fused-ring (bicyclic) bond motifs is 8. The van der Waals surface area contributed by atoms with Crippen molar-refractivity contribution in [3.05, 3.63) is 252 Å². The van der Waals surface area contributed by atoms with E-state index in [2.05, 4.69) is 211 Å². The van der Waals surface area contributed by atoms with Crippen molar-refractivity contribution in [2.45, 2.75) is 246 Å². The molecule has 7 aromatic rings. The van der Waals surface area contributed by atoms with Crippen LogP contribution in [-0.4, -0.2) is 137 Å². The van der Waals surface area contributed by atoms with Gasteiger partial charge in [-0.25, -0.2) is 4.79 Å². The van der Waals surface area contributed by atoms with Gasteiger partial charge in [0.2, 0.25) is 5.24 Å². The number of aliphatic hydroxyl groups is 2. The number of carbonyl (C=O) groups excluding carboxylic acids is 5. The molecule has 8 heterocycles. The number of ether oxygens (including phenoxy) is 2. The Bertz CT molecular complexity index is 3940. The van der Waals surface area contributed by atoms with E-state index in [4.69, 9.17) is 110 Å². The number of benzene rings is 7. The number of esters is 1. The highest BCUT2D eigenvalue weighted by molar-refractivity contribution is 9.93. The fourth-order valence-electron chi connectivity index (χ4n) is 15.8. The molecule has 10 atom stereocenters. The van der Waals surface area contributed by atoms with Gasteiger partial charge < -0.3 is 25.0 Å². The molecule has 0 aromatic heterocycles. The van der Waals surface area contributed by atoms with Crippen molar-refractivity contribution in [2.24, 2.45) is 0 Å². The molecule has 13 nitrogen and oxygen atoms in total. The third kappa shape index (κ3) is 39.1. The molecule has 26 heteroatoms. The molecule has 10 unspecified atom stereocenters. The van der Waals surface area contributed by atoms with Crippen LogP contribution in [0, 0.1) is 0 Å². The molecule has 0 saturated carbocycles. The van der Waals surface area contributed by atoms with E-state index in [1.54, 1.807) is 6.92 Å². The summed E-state index contributed by atoms with van der Waals surface area (Å²) in [7, 11) is 1.00. The van der Waals surface area contributed by atoms with Crippen molar-refractivity contribution in [3.8, 4) is 0 Å². The minimum Gasteiger partial charge on any atom is -0.463 e. The lowest BCUT2D eigenvalue weighted by Crippen LogP contribution is -2.49. The number of Topliss-reactive ketones (excluding diaryl/α,β-unsaturated/α-hetero) is 2. The highest BCUT2D eigenvalue weighted by Crippen LogP contribution is 2.47. The summed E-state index contributed by atoms with van der Waals surface area (Å²) >= 11 is 60.9. The van der Waals surface area contributed by atoms with Gasteiger partial charge >= 0.3 is 11.4 Å². The molecule has 117 heavy (non-hydrogen) atoms. The SMILES string of the molecule is BrBr.CC(=O)C(Br)CCCl.CC(=O)OC(C)C.CC(Cl)OC(=O)Cl.CO.Clc1ccc(Br)cc1.Clc1ccc(C2=CC3CCC(C2)N3Cc2ccccc2)cc1.Clc1ccc(C2CC3CCC(C2)N3)cc1.O=C(Cl)CCCCl.O=C1CC2CCC(C1)N2Cc1ccccc1.OC1(c2ccc(Cl)cc2)CC2CCC(C1)N2Cc1ccccc1. The largest absolute Gasteiger partial charge is 0.463 e. The van der Waals surface area contributed by atoms with Crippen molar-refractivity contribution in [1.29, 1.82) is 0 Å². The number of alkyl halides is 4. The van der Waals surface area contributed by atoms with E-state index < -0.39 is 16.6 Å². The van der Waals surface area contributed by atoms with Crippen LogP contribution < -0.4 is 5.32 Å². The second-order valence-corrected chi connectivity index (χ2v) is 35.8. The Morgan fingerprint density at radius 1 is 0.547 bits per heavy atom. The van der Waals surface area contributed by atoms with E-state index in [-0.39, 0.29) is 27.9 Å². The molecule has 8 aliphatic heterocycles. The van der Waals surface area contributed by atoms with E-state index in [9.17, 15) is 29.1 Å². The van der Waals surface area contributed by atoms with Gasteiger partial charge in [-0.3, -0.25) is 33.9 Å². The molecule has 7 aromatic carbocycles. The molecule has 7 saturated heterocycles. The Balaban J connectivity index is 0.000000243. The van der Waals surface area contributed by atoms with Crippen LogP contribution in [0.1, 0.15) is 189 Å². The van der Waals surface area contributed by atoms with Gasteiger partial charge in [0.15, 0.2) is 5.56 Å². The van der Waals surface area contributed by atoms with Crippen LogP contribution in [0.2, 0.25) is 20.1 Å². The average molecular weight is 2040 g/mol. The summed E-state index contributed by atoms with van der Waals surface area (Å²) in [5.74, 6) is 2.20. The van der Waals surface area contributed by atoms with Crippen molar-refractivity contribution in [3.63, 3.8) is 0 Å². The second-order valence-electron chi connectivity index (χ2n) is 29.9. The van der Waals surface area contributed by atoms with E-state index in [0.717, 1.165) is 113 Å². The molecule has 0 amide bonds. The van der Waals surface area contributed by atoms with Crippen LogP contribution in [0.25, 0.3) is 5.57 Å². The zero-order valence-electron chi connectivity index (χ0n) is 67.2. The predicted octanol–water partition coefficient (Wildman–Crippen LogP) is 26.3. The first-order valence-corrected chi connectivity index (χ1v) is 48.8. The molecule has 8 aliphatic rings. The maximum atomic E-state index is 11.5. The second kappa shape index (κ2) is 57.1. The number of nitrogens with one attached hydrogen (secondary N) is 1. The highest BCUT2D eigenvalue weighted by atomic mass is 80.9. The Morgan fingerprint density at radius 3 is 1.32 bits per heavy atom. The highest BCUT2D eigenvalue weighted by Gasteiger charge is 2.48. The van der Waals surface area contributed by atoms with Crippen LogP contribution in [0.3, 0.4) is 0 Å². The van der Waals surface area contributed by atoms with E-state index >= 15 is 0 Å². The summed E-state index contributed by atoms with van der Waals surface area (Å²) < 4.78 is 9.81. The van der Waals surface area contributed by atoms with Crippen LogP contribution in [0.15, 0.2) is 199 Å². The van der Waals surface area contributed by atoms with Crippen LogP contribution >= 0.6 is 165 Å². The quantitative estimate of drug-likeness (QED) is 0.0448. The first-order valence-electron chi connectivity index (χ1n) is 39.6. The van der Waals surface area contributed by atoms with Gasteiger partial charge in [0.1, 0.15) is 11.6 Å². The van der Waals surface area contributed by atoms with Crippen LogP contribution in [0.5, 0.6) is 0 Å². The Hall–Kier alpha value is -3.48. The minimum absolute atomic E-state index is 0.0255. The normalized spacial score (nSPS) is 22.5. The van der Waals surface area contributed by atoms with Gasteiger partial charge in [-0.05, 0) is 241 Å². The van der Waals surface area contributed by atoms with Crippen molar-refractivity contribution >= 4 is 198 Å². The third-order valence-corrected chi connectivity index (χ3v) is 24.5. The number of carbonyl (C=O) groups is 5. The maximum Gasteiger partial charge on any atom is 0.405 e. The summed E-state index contributed by atoms with van der Waals surface area (Å²) in [4.78, 5) is 59.3. The molecule has 3 N–H and O–H groups in total. The monoisotopic (exact) mass is 2030 g/mol. The lowest BCUT2D eigenvalue weighted by Gasteiger charge is -2.44. The van der Waals surface area contributed by atoms with Crippen LogP contribution in [-0.2, 0) is 53.9 Å². The van der Waals surface area contributed by atoms with Gasteiger partial charge in [0.25, 0.3) is 0 Å². The number of aliphatic hydroxyl groups excluding tert-OH is 1. The van der Waals surface area contributed by atoms with Crippen molar-refractivity contribution in [2.75, 3.05) is 18.9 Å². The lowest BCUT2D eigenvalue weighted by molar-refractivity contribution is -0.144. The molecule has 0 spiro atoms. The Labute approximate surface area is 771 Å². The molecule has 0 radical (unpaired) electrons. The molecule has 640 valence electrons. The molecule has 8 bridgehead atoms. The summed E-state index contributed by atoms with van der Waals surface area (Å²) in [5.41, 5.74) is 7.25. The van der Waals surface area contributed by atoms with Gasteiger partial charge in [0.05, 0.1) is 16.5 Å². The number of ketones is 2. The number of rotatable bonds is 17. The van der Waals surface area contributed by atoms with Crippen LogP contribution in [0.4, 0.5) is 4.79 Å². The van der Waals surface area contributed by atoms with Crippen molar-refractivity contribution < 1.29 is 43.7 Å². The lowest BCUT2D eigenvalue weighted by atomic mass is 9.80. The number of nitrogens with zero attached hydrogens (tertiary/aromatic N) is 3. The fourth-order valence-corrected chi connectivity index (χ4v) is 17.8. The molecule has 0 aliphatic carbocycles. The minimum atomic E-state index is -0.873. The molecule has 7 fully saturated rings. The summed E-state index contributed by atoms with van der Waals surface area (Å²) in [6.07, 6.45) is 21.4. The number of hydrogen-bond donors (Lipinski definition) is 3. The topological polar surface area (TPSA) is 166 Å². The van der Waals surface area contributed by atoms with Crippen molar-refractivity contribution in [1.82, 2.24) is 20.0 Å². The number of hydrogen-bond acceptors (Lipinski definition) is 13. The van der Waals surface area contributed by atoms with Gasteiger partial charge in [-0.1, -0.05) is 223 Å². The standard InChI is InChI=1S/C20H22ClNO.C20H20ClN.C14H17NO.C13H16ClN.C6H4BrCl.C5H8BrClO.C5H10O2.C4H6Cl2O.C3H4Cl2O2.CH4O.Br2/c21-17-8-6-16(7-9-17)20(23)12-18-10-11-19(13-20)22(18)14-15-4-2-1-3-5-15;21-18-8-6-16(7-9-18)17-12-19-10-11-20(13-17)22(19)14-15-4-2-1-3-5-15;16-14-8-12-6-7-13(9-14)15(12)10-11-4-2-1-3-5-11;14-11-3-1-9(2-4-11)10-7-12-5-6-13(8-10)15-12;7-5-1-3-6(8)4-2-5;1-4(8)5(6)2-3-7;1-4(2)7-5(3)6;5-3-1-2-4(6)7;1-2(4)7-3(5)6;2*1-2/h1-9,18-19,23H,10-14H2;1-9,12,19-20H,10-11,13-14H2;1-5,12-13H,6-10H2;1-4,10,12-13,15H,5-8H2;1-4H;5H,2-3H2,1H3;4H,1-3H3;1-3H2;2H,1H3;2H,1H3;. The van der Waals surface area contributed by atoms with Gasteiger partial charge in [-0.2, -0.15) is 0 Å². The Morgan fingerprint density at radius 2 is 0.957 bits per heavy atom. The summed E-state index contributed by atoms with van der Waals surface area (Å²) in [6, 6.07) is 68.8. The molecular formula is C91H111Br4Cl9N4O9. The average Bonchev–Trinajstić information content (AvgIpc) is 1.79. The Kier molecular flexibility index (Phi) is 50.8. The molecular weight excluding hydrogens is 1930 g/mol. The van der Waals surface area contributed by atoms with E-state index in [0.29, 0.717) is 66.6 Å². The number of halogens is 13. The predicted molar refractivity (Wildman–Crippen MR) is 502 cm³/mol. The van der Waals surface area contributed by atoms with Gasteiger partial charge in [0, 0.05) is 177 Å². The summed E-state index contributed by atoms with van der Waals surface area (Å²) in [6.45, 7) is 11.2.